The summed E-state index contributed by atoms with van der Waals surface area (Å²) < 4.78 is 17.1. The Hall–Kier alpha value is -3.98. The summed E-state index contributed by atoms with van der Waals surface area (Å²) in [5.74, 6) is 1.58. The normalized spacial score (nSPS) is 10.1. The summed E-state index contributed by atoms with van der Waals surface area (Å²) in [4.78, 5) is 12.6. The second-order valence-corrected chi connectivity index (χ2v) is 6.59. The monoisotopic (exact) mass is 416 g/mol. The number of anilines is 1. The Morgan fingerprint density at radius 1 is 0.903 bits per heavy atom. The van der Waals surface area contributed by atoms with Gasteiger partial charge in [0, 0.05) is 11.3 Å². The first-order chi connectivity index (χ1) is 15.2. The van der Waals surface area contributed by atoms with E-state index in [0.29, 0.717) is 49.0 Å². The van der Waals surface area contributed by atoms with Crippen molar-refractivity contribution in [3.8, 4) is 23.3 Å². The van der Waals surface area contributed by atoms with Gasteiger partial charge in [-0.1, -0.05) is 30.3 Å². The average Bonchev–Trinajstić information content (AvgIpc) is 2.80. The van der Waals surface area contributed by atoms with Crippen LogP contribution in [0, 0.1) is 11.3 Å². The summed E-state index contributed by atoms with van der Waals surface area (Å²) in [5, 5.41) is 11.6. The van der Waals surface area contributed by atoms with E-state index in [1.807, 2.05) is 49.4 Å². The van der Waals surface area contributed by atoms with E-state index < -0.39 is 0 Å². The second kappa shape index (κ2) is 11.3. The number of para-hydroxylation sites is 1. The molecule has 1 N–H and O–H groups in total. The van der Waals surface area contributed by atoms with E-state index in [4.69, 9.17) is 19.5 Å². The first-order valence-corrected chi connectivity index (χ1v) is 10.0. The van der Waals surface area contributed by atoms with Gasteiger partial charge >= 0.3 is 0 Å². The minimum atomic E-state index is -0.257. The van der Waals surface area contributed by atoms with Gasteiger partial charge in [0.2, 0.25) is 0 Å². The Labute approximate surface area is 182 Å². The van der Waals surface area contributed by atoms with Gasteiger partial charge in [-0.25, -0.2) is 0 Å². The molecule has 0 unspecified atom stereocenters. The van der Waals surface area contributed by atoms with E-state index in [0.717, 1.165) is 11.3 Å². The maximum absolute atomic E-state index is 12.6. The molecule has 6 nitrogen and oxygen atoms in total. The van der Waals surface area contributed by atoms with Crippen molar-refractivity contribution >= 4 is 11.6 Å². The standard InChI is InChI=1S/C25H24N2O4/c1-2-29-24-18-20(25(28)27-21-11-8-19(9-12-21)14-15-26)10-13-23(24)31-17-16-30-22-6-4-3-5-7-22/h3-13,18H,2,14,16-17H2,1H3,(H,27,28). The SMILES string of the molecule is CCOc1cc(C(=O)Nc2ccc(CC#N)cc2)ccc1OCCOc1ccccc1. The Morgan fingerprint density at radius 2 is 1.65 bits per heavy atom. The molecule has 0 aromatic heterocycles. The molecule has 0 saturated carbocycles. The molecule has 158 valence electrons. The zero-order valence-electron chi connectivity index (χ0n) is 17.3. The number of rotatable bonds is 10. The zero-order chi connectivity index (χ0) is 21.9. The van der Waals surface area contributed by atoms with Crippen LogP contribution in [0.25, 0.3) is 0 Å². The molecule has 31 heavy (non-hydrogen) atoms. The fraction of sp³-hybridized carbons (Fsp3) is 0.200. The third-order valence-corrected chi connectivity index (χ3v) is 4.35. The average molecular weight is 416 g/mol. The smallest absolute Gasteiger partial charge is 0.255 e. The highest BCUT2D eigenvalue weighted by Gasteiger charge is 2.12. The summed E-state index contributed by atoms with van der Waals surface area (Å²) in [6.07, 6.45) is 0.337. The van der Waals surface area contributed by atoms with Gasteiger partial charge in [0.05, 0.1) is 19.1 Å². The van der Waals surface area contributed by atoms with E-state index in [1.165, 1.54) is 0 Å². The van der Waals surface area contributed by atoms with Crippen molar-refractivity contribution in [3.05, 3.63) is 83.9 Å². The first kappa shape index (κ1) is 21.7. The number of nitrogens with zero attached hydrogens (tertiary/aromatic N) is 1. The van der Waals surface area contributed by atoms with Crippen molar-refractivity contribution in [3.63, 3.8) is 0 Å². The van der Waals surface area contributed by atoms with Crippen molar-refractivity contribution < 1.29 is 19.0 Å². The molecular weight excluding hydrogens is 392 g/mol. The van der Waals surface area contributed by atoms with Crippen LogP contribution in [0.2, 0.25) is 0 Å². The van der Waals surface area contributed by atoms with E-state index >= 15 is 0 Å². The maximum atomic E-state index is 12.6. The van der Waals surface area contributed by atoms with Crippen molar-refractivity contribution in [1.82, 2.24) is 0 Å². The summed E-state index contributed by atoms with van der Waals surface area (Å²) in [6.45, 7) is 3.05. The van der Waals surface area contributed by atoms with Crippen LogP contribution in [-0.2, 0) is 6.42 Å². The Kier molecular flexibility index (Phi) is 7.90. The molecule has 0 spiro atoms. The number of nitrogens with one attached hydrogen (secondary N) is 1. The Balaban J connectivity index is 1.60. The van der Waals surface area contributed by atoms with E-state index in [2.05, 4.69) is 11.4 Å². The van der Waals surface area contributed by atoms with Gasteiger partial charge in [-0.3, -0.25) is 4.79 Å². The van der Waals surface area contributed by atoms with Crippen LogP contribution in [0.3, 0.4) is 0 Å². The number of nitriles is 1. The quantitative estimate of drug-likeness (QED) is 0.477. The molecule has 3 rings (SSSR count). The highest BCUT2D eigenvalue weighted by Crippen LogP contribution is 2.29. The minimum Gasteiger partial charge on any atom is -0.490 e. The van der Waals surface area contributed by atoms with E-state index in [9.17, 15) is 4.79 Å². The summed E-state index contributed by atoms with van der Waals surface area (Å²) in [6, 6.07) is 23.9. The maximum Gasteiger partial charge on any atom is 0.255 e. The fourth-order valence-corrected chi connectivity index (χ4v) is 2.87. The lowest BCUT2D eigenvalue weighted by Crippen LogP contribution is -2.13. The first-order valence-electron chi connectivity index (χ1n) is 10.0. The van der Waals surface area contributed by atoms with Gasteiger partial charge in [0.25, 0.3) is 5.91 Å². The molecule has 0 heterocycles. The number of carbonyl (C=O) groups excluding carboxylic acids is 1. The third-order valence-electron chi connectivity index (χ3n) is 4.35. The molecule has 3 aromatic rings. The van der Waals surface area contributed by atoms with Crippen molar-refractivity contribution in [1.29, 1.82) is 5.26 Å². The number of hydrogen-bond acceptors (Lipinski definition) is 5. The summed E-state index contributed by atoms with van der Waals surface area (Å²) >= 11 is 0. The Bertz CT molecular complexity index is 1030. The van der Waals surface area contributed by atoms with Crippen molar-refractivity contribution in [2.24, 2.45) is 0 Å². The van der Waals surface area contributed by atoms with Gasteiger partial charge < -0.3 is 19.5 Å². The van der Waals surface area contributed by atoms with Gasteiger partial charge in [-0.15, -0.1) is 0 Å². The molecule has 1 amide bonds. The molecule has 6 heteroatoms. The molecule has 0 saturated heterocycles. The zero-order valence-corrected chi connectivity index (χ0v) is 17.3. The van der Waals surface area contributed by atoms with Gasteiger partial charge in [-0.2, -0.15) is 5.26 Å². The molecular formula is C25H24N2O4. The van der Waals surface area contributed by atoms with Gasteiger partial charge in [0.1, 0.15) is 19.0 Å². The molecule has 0 fully saturated rings. The number of benzene rings is 3. The molecule has 3 aromatic carbocycles. The molecule has 0 radical (unpaired) electrons. The lowest BCUT2D eigenvalue weighted by Gasteiger charge is -2.14. The highest BCUT2D eigenvalue weighted by atomic mass is 16.5. The molecule has 0 aliphatic rings. The lowest BCUT2D eigenvalue weighted by molar-refractivity contribution is 0.102. The van der Waals surface area contributed by atoms with Crippen LogP contribution >= 0.6 is 0 Å². The van der Waals surface area contributed by atoms with Crippen LogP contribution < -0.4 is 19.5 Å². The second-order valence-electron chi connectivity index (χ2n) is 6.59. The van der Waals surface area contributed by atoms with Crippen LogP contribution in [-0.4, -0.2) is 25.7 Å². The van der Waals surface area contributed by atoms with E-state index in [1.54, 1.807) is 30.3 Å². The van der Waals surface area contributed by atoms with E-state index in [-0.39, 0.29) is 5.91 Å². The van der Waals surface area contributed by atoms with Crippen LogP contribution in [0.1, 0.15) is 22.8 Å². The summed E-state index contributed by atoms with van der Waals surface area (Å²) in [7, 11) is 0. The van der Waals surface area contributed by atoms with Crippen LogP contribution in [0.4, 0.5) is 5.69 Å². The Morgan fingerprint density at radius 3 is 2.35 bits per heavy atom. The third kappa shape index (κ3) is 6.51. The van der Waals surface area contributed by atoms with Gasteiger partial charge in [0.15, 0.2) is 11.5 Å². The molecule has 0 aliphatic heterocycles. The molecule has 0 bridgehead atoms. The summed E-state index contributed by atoms with van der Waals surface area (Å²) in [5.41, 5.74) is 2.01. The molecule has 0 atom stereocenters. The van der Waals surface area contributed by atoms with Crippen LogP contribution in [0.5, 0.6) is 17.2 Å². The number of ether oxygens (including phenoxy) is 3. The van der Waals surface area contributed by atoms with Crippen molar-refractivity contribution in [2.75, 3.05) is 25.1 Å². The minimum absolute atomic E-state index is 0.257. The lowest BCUT2D eigenvalue weighted by atomic mass is 10.1. The number of hydrogen-bond donors (Lipinski definition) is 1. The van der Waals surface area contributed by atoms with Crippen LogP contribution in [0.15, 0.2) is 72.8 Å². The highest BCUT2D eigenvalue weighted by molar-refractivity contribution is 6.04. The topological polar surface area (TPSA) is 80.6 Å². The molecule has 0 aliphatic carbocycles. The van der Waals surface area contributed by atoms with Crippen molar-refractivity contribution in [2.45, 2.75) is 13.3 Å². The largest absolute Gasteiger partial charge is 0.490 e. The predicted molar refractivity (Wildman–Crippen MR) is 119 cm³/mol. The fourth-order valence-electron chi connectivity index (χ4n) is 2.87. The number of carbonyl (C=O) groups is 1. The van der Waals surface area contributed by atoms with Gasteiger partial charge in [-0.05, 0) is 55.0 Å². The predicted octanol–water partition coefficient (Wildman–Crippen LogP) is 4.86. The number of amides is 1.